The van der Waals surface area contributed by atoms with E-state index in [0.29, 0.717) is 34.1 Å². The van der Waals surface area contributed by atoms with E-state index >= 15 is 0 Å². The Morgan fingerprint density at radius 2 is 0.810 bits per heavy atom. The molecule has 4 aromatic carbocycles. The third kappa shape index (κ3) is 6.26. The average Bonchev–Trinajstić information content (AvgIpc) is 2.96. The molecule has 0 atom stereocenters. The van der Waals surface area contributed by atoms with E-state index < -0.39 is 0 Å². The minimum absolute atomic E-state index is 0.250. The summed E-state index contributed by atoms with van der Waals surface area (Å²) >= 11 is 0. The first-order chi connectivity index (χ1) is 19.9. The predicted molar refractivity (Wildman–Crippen MR) is 161 cm³/mol. The fraction of sp³-hybridized carbons (Fsp3) is 0.222. The highest BCUT2D eigenvalue weighted by atomic mass is 16.5. The smallest absolute Gasteiger partial charge is 0.131 e. The molecule has 0 aliphatic rings. The van der Waals surface area contributed by atoms with Crippen molar-refractivity contribution in [3.63, 3.8) is 0 Å². The van der Waals surface area contributed by atoms with Crippen LogP contribution in [-0.4, -0.2) is 0 Å². The van der Waals surface area contributed by atoms with Crippen LogP contribution in [-0.2, 0) is 10.8 Å². The van der Waals surface area contributed by atoms with Crippen molar-refractivity contribution in [3.8, 4) is 58.4 Å². The number of hydrogen-bond acceptors (Lipinski definition) is 6. The number of nitrogens with zero attached hydrogens (tertiary/aromatic N) is 4. The van der Waals surface area contributed by atoms with Crippen LogP contribution in [0.1, 0.15) is 74.9 Å². The van der Waals surface area contributed by atoms with Crippen LogP contribution < -0.4 is 9.47 Å². The SMILES string of the molecule is CC(C)(C)c1cc(-c2ccc(Oc3ccc(C#N)c(C#N)c3)c(C(C)(C)C)c2)ccc1Oc1ccc(C#N)c(C#N)c1. The Labute approximate surface area is 247 Å². The molecule has 0 N–H and O–H groups in total. The van der Waals surface area contributed by atoms with Gasteiger partial charge >= 0.3 is 0 Å². The van der Waals surface area contributed by atoms with E-state index in [9.17, 15) is 21.0 Å². The molecule has 0 aliphatic heterocycles. The van der Waals surface area contributed by atoms with Crippen LogP contribution in [0.25, 0.3) is 11.1 Å². The summed E-state index contributed by atoms with van der Waals surface area (Å²) in [4.78, 5) is 0. The lowest BCUT2D eigenvalue weighted by molar-refractivity contribution is 0.454. The van der Waals surface area contributed by atoms with Crippen LogP contribution in [0.3, 0.4) is 0 Å². The van der Waals surface area contributed by atoms with E-state index in [-0.39, 0.29) is 22.0 Å². The molecule has 0 radical (unpaired) electrons. The van der Waals surface area contributed by atoms with Gasteiger partial charge in [-0.25, -0.2) is 0 Å². The Kier molecular flexibility index (Phi) is 8.06. The maximum absolute atomic E-state index is 9.42. The lowest BCUT2D eigenvalue weighted by Gasteiger charge is -2.25. The van der Waals surface area contributed by atoms with E-state index in [1.165, 1.54) is 0 Å². The summed E-state index contributed by atoms with van der Waals surface area (Å²) in [5.74, 6) is 2.32. The summed E-state index contributed by atoms with van der Waals surface area (Å²) in [6.07, 6.45) is 0. The zero-order valence-corrected chi connectivity index (χ0v) is 24.5. The minimum atomic E-state index is -0.250. The molecule has 0 heterocycles. The monoisotopic (exact) mass is 550 g/mol. The number of nitriles is 4. The van der Waals surface area contributed by atoms with Gasteiger partial charge in [0.05, 0.1) is 22.3 Å². The van der Waals surface area contributed by atoms with Gasteiger partial charge in [-0.1, -0.05) is 53.7 Å². The molecule has 42 heavy (non-hydrogen) atoms. The molecular formula is C36H30N4O2. The molecule has 4 rings (SSSR count). The Bertz CT molecular complexity index is 1710. The molecule has 0 unspecified atom stereocenters. The Hall–Kier alpha value is -5.56. The number of rotatable bonds is 5. The van der Waals surface area contributed by atoms with Gasteiger partial charge in [0.2, 0.25) is 0 Å². The van der Waals surface area contributed by atoms with Crippen LogP contribution >= 0.6 is 0 Å². The van der Waals surface area contributed by atoms with Crippen LogP contribution in [0.5, 0.6) is 23.0 Å². The lowest BCUT2D eigenvalue weighted by Crippen LogP contribution is -2.14. The minimum Gasteiger partial charge on any atom is -0.457 e. The van der Waals surface area contributed by atoms with Crippen LogP contribution in [0, 0.1) is 45.3 Å². The van der Waals surface area contributed by atoms with Gasteiger partial charge in [0.1, 0.15) is 47.3 Å². The zero-order valence-electron chi connectivity index (χ0n) is 24.5. The van der Waals surface area contributed by atoms with Crippen molar-refractivity contribution in [2.45, 2.75) is 52.4 Å². The Morgan fingerprint density at radius 1 is 0.452 bits per heavy atom. The molecule has 0 aromatic heterocycles. The first kappa shape index (κ1) is 29.4. The van der Waals surface area contributed by atoms with E-state index in [2.05, 4.69) is 65.8 Å². The molecule has 6 heteroatoms. The maximum Gasteiger partial charge on any atom is 0.131 e. The van der Waals surface area contributed by atoms with Gasteiger partial charge in [0.25, 0.3) is 0 Å². The Morgan fingerprint density at radius 3 is 1.12 bits per heavy atom. The molecular weight excluding hydrogens is 520 g/mol. The fourth-order valence-corrected chi connectivity index (χ4v) is 4.58. The highest BCUT2D eigenvalue weighted by Crippen LogP contribution is 2.41. The molecule has 6 nitrogen and oxygen atoms in total. The van der Waals surface area contributed by atoms with Crippen molar-refractivity contribution in [2.24, 2.45) is 0 Å². The molecule has 0 saturated carbocycles. The van der Waals surface area contributed by atoms with E-state index in [1.807, 2.05) is 36.4 Å². The summed E-state index contributed by atoms with van der Waals surface area (Å²) in [7, 11) is 0. The lowest BCUT2D eigenvalue weighted by atomic mass is 9.82. The molecule has 0 spiro atoms. The number of ether oxygens (including phenoxy) is 2. The fourth-order valence-electron chi connectivity index (χ4n) is 4.58. The van der Waals surface area contributed by atoms with Gasteiger partial charge < -0.3 is 9.47 Å². The second-order valence-corrected chi connectivity index (χ2v) is 12.0. The predicted octanol–water partition coefficient (Wildman–Crippen LogP) is 9.02. The normalized spacial score (nSPS) is 11.0. The second-order valence-electron chi connectivity index (χ2n) is 12.0. The van der Waals surface area contributed by atoms with E-state index in [4.69, 9.17) is 9.47 Å². The largest absolute Gasteiger partial charge is 0.457 e. The second kappa shape index (κ2) is 11.5. The molecule has 0 bridgehead atoms. The van der Waals surface area contributed by atoms with Crippen molar-refractivity contribution in [3.05, 3.63) is 106 Å². The Balaban J connectivity index is 1.74. The first-order valence-corrected chi connectivity index (χ1v) is 13.4. The van der Waals surface area contributed by atoms with Crippen LogP contribution in [0.2, 0.25) is 0 Å². The summed E-state index contributed by atoms with van der Waals surface area (Å²) in [5.41, 5.74) is 4.64. The summed E-state index contributed by atoms with van der Waals surface area (Å²) in [6.45, 7) is 12.7. The summed E-state index contributed by atoms with van der Waals surface area (Å²) in [6, 6.07) is 30.0. The van der Waals surface area contributed by atoms with Crippen molar-refractivity contribution in [2.75, 3.05) is 0 Å². The van der Waals surface area contributed by atoms with Crippen LogP contribution in [0.15, 0.2) is 72.8 Å². The first-order valence-electron chi connectivity index (χ1n) is 13.4. The van der Waals surface area contributed by atoms with Gasteiger partial charge in [-0.3, -0.25) is 0 Å². The van der Waals surface area contributed by atoms with Gasteiger partial charge in [0, 0.05) is 11.1 Å². The molecule has 0 amide bonds. The number of benzene rings is 4. The van der Waals surface area contributed by atoms with Crippen molar-refractivity contribution < 1.29 is 9.47 Å². The standard InChI is InChI=1S/C36H30N4O2/c1-35(2,3)31-17-23(9-13-33(31)41-29-11-7-25(19-37)27(15-29)21-39)24-10-14-34(32(18-24)36(4,5)6)42-30-12-8-26(20-38)28(16-30)22-40/h7-18H,1-6H3. The van der Waals surface area contributed by atoms with Gasteiger partial charge in [-0.05, 0) is 82.6 Å². The van der Waals surface area contributed by atoms with Gasteiger partial charge in [-0.2, -0.15) is 21.0 Å². The highest BCUT2D eigenvalue weighted by molar-refractivity contribution is 5.69. The average molecular weight is 551 g/mol. The van der Waals surface area contributed by atoms with Crippen LogP contribution in [0.4, 0.5) is 0 Å². The van der Waals surface area contributed by atoms with E-state index in [0.717, 1.165) is 22.3 Å². The third-order valence-electron chi connectivity index (χ3n) is 6.83. The van der Waals surface area contributed by atoms with Crippen molar-refractivity contribution in [1.82, 2.24) is 0 Å². The molecule has 206 valence electrons. The van der Waals surface area contributed by atoms with Gasteiger partial charge in [-0.15, -0.1) is 0 Å². The van der Waals surface area contributed by atoms with Crippen molar-refractivity contribution >= 4 is 0 Å². The quantitative estimate of drug-likeness (QED) is 0.245. The number of hydrogen-bond donors (Lipinski definition) is 0. The molecule has 0 fully saturated rings. The molecule has 4 aromatic rings. The zero-order chi connectivity index (χ0) is 30.7. The van der Waals surface area contributed by atoms with E-state index in [1.54, 1.807) is 36.4 Å². The molecule has 0 aliphatic carbocycles. The molecule has 0 saturated heterocycles. The topological polar surface area (TPSA) is 114 Å². The van der Waals surface area contributed by atoms with Crippen molar-refractivity contribution in [1.29, 1.82) is 21.0 Å². The maximum atomic E-state index is 9.42. The van der Waals surface area contributed by atoms with Gasteiger partial charge in [0.15, 0.2) is 0 Å². The highest BCUT2D eigenvalue weighted by Gasteiger charge is 2.24. The summed E-state index contributed by atoms with van der Waals surface area (Å²) < 4.78 is 12.5. The summed E-state index contributed by atoms with van der Waals surface area (Å²) in [5, 5.41) is 37.3. The third-order valence-corrected chi connectivity index (χ3v) is 6.83.